The average Bonchev–Trinajstić information content (AvgIpc) is 2.31. The van der Waals surface area contributed by atoms with Crippen LogP contribution < -0.4 is 5.32 Å². The molecule has 0 heterocycles. The summed E-state index contributed by atoms with van der Waals surface area (Å²) in [4.78, 5) is 11.7. The summed E-state index contributed by atoms with van der Waals surface area (Å²) in [5.74, 6) is -0.361. The van der Waals surface area contributed by atoms with Crippen molar-refractivity contribution in [3.63, 3.8) is 0 Å². The third-order valence-electron chi connectivity index (χ3n) is 2.50. The molecule has 0 bridgehead atoms. The van der Waals surface area contributed by atoms with Crippen molar-refractivity contribution >= 4 is 5.91 Å². The van der Waals surface area contributed by atoms with E-state index in [2.05, 4.69) is 5.32 Å². The monoisotopic (exact) mass is 239 g/mol. The lowest BCUT2D eigenvalue weighted by Gasteiger charge is -2.15. The predicted molar refractivity (Wildman–Crippen MR) is 64.2 cm³/mol. The molecule has 17 heavy (non-hydrogen) atoms. The first kappa shape index (κ1) is 13.6. The van der Waals surface area contributed by atoms with Gasteiger partial charge in [0.1, 0.15) is 5.82 Å². The molecule has 1 rings (SSSR count). The Hall–Kier alpha value is -1.42. The van der Waals surface area contributed by atoms with Crippen LogP contribution in [0.25, 0.3) is 0 Å². The van der Waals surface area contributed by atoms with Gasteiger partial charge in [0.25, 0.3) is 0 Å². The highest BCUT2D eigenvalue weighted by molar-refractivity contribution is 5.78. The zero-order valence-corrected chi connectivity index (χ0v) is 10.2. The van der Waals surface area contributed by atoms with Gasteiger partial charge < -0.3 is 10.1 Å². The second kappa shape index (κ2) is 7.01. The molecule has 1 unspecified atom stereocenters. The summed E-state index contributed by atoms with van der Waals surface area (Å²) in [7, 11) is 1.61. The minimum Gasteiger partial charge on any atom is -0.383 e. The van der Waals surface area contributed by atoms with E-state index in [1.54, 1.807) is 19.2 Å². The van der Waals surface area contributed by atoms with Crippen molar-refractivity contribution in [3.05, 3.63) is 35.6 Å². The van der Waals surface area contributed by atoms with Gasteiger partial charge in [0.15, 0.2) is 0 Å². The van der Waals surface area contributed by atoms with E-state index in [1.165, 1.54) is 12.1 Å². The summed E-state index contributed by atoms with van der Waals surface area (Å²) < 4.78 is 17.7. The third kappa shape index (κ3) is 4.95. The summed E-state index contributed by atoms with van der Waals surface area (Å²) in [6, 6.07) is 5.98. The minimum absolute atomic E-state index is 0.0351. The van der Waals surface area contributed by atoms with Crippen molar-refractivity contribution in [2.24, 2.45) is 0 Å². The van der Waals surface area contributed by atoms with Crippen molar-refractivity contribution in [2.45, 2.75) is 25.8 Å². The first-order valence-corrected chi connectivity index (χ1v) is 5.68. The van der Waals surface area contributed by atoms with Gasteiger partial charge in [-0.3, -0.25) is 4.79 Å². The number of rotatable bonds is 6. The molecule has 0 saturated heterocycles. The molecule has 0 fully saturated rings. The molecular weight excluding hydrogens is 221 g/mol. The number of carbonyl (C=O) groups excluding carboxylic acids is 1. The zero-order valence-electron chi connectivity index (χ0n) is 10.2. The third-order valence-corrected chi connectivity index (χ3v) is 2.50. The van der Waals surface area contributed by atoms with Crippen molar-refractivity contribution < 1.29 is 13.9 Å². The fourth-order valence-electron chi connectivity index (χ4n) is 1.53. The number of ether oxygens (including phenoxy) is 1. The maximum Gasteiger partial charge on any atom is 0.224 e. The summed E-state index contributed by atoms with van der Waals surface area (Å²) in [5, 5.41) is 2.87. The lowest BCUT2D eigenvalue weighted by molar-refractivity contribution is -0.121. The van der Waals surface area contributed by atoms with Gasteiger partial charge in [0, 0.05) is 7.11 Å². The summed E-state index contributed by atoms with van der Waals surface area (Å²) in [5.41, 5.74) is 0.802. The van der Waals surface area contributed by atoms with Crippen molar-refractivity contribution in [2.75, 3.05) is 13.7 Å². The topological polar surface area (TPSA) is 38.3 Å². The summed E-state index contributed by atoms with van der Waals surface area (Å²) in [6.45, 7) is 2.49. The SMILES string of the molecule is CCC(COC)NC(=O)Cc1ccc(F)cc1. The van der Waals surface area contributed by atoms with Gasteiger partial charge in [0.05, 0.1) is 19.1 Å². The van der Waals surface area contributed by atoms with E-state index in [-0.39, 0.29) is 24.2 Å². The molecule has 0 aliphatic carbocycles. The van der Waals surface area contributed by atoms with Crippen LogP contribution in [0.3, 0.4) is 0 Å². The van der Waals surface area contributed by atoms with E-state index < -0.39 is 0 Å². The first-order chi connectivity index (χ1) is 8.15. The Morgan fingerprint density at radius 3 is 2.59 bits per heavy atom. The maximum absolute atomic E-state index is 12.7. The fourth-order valence-corrected chi connectivity index (χ4v) is 1.53. The van der Waals surface area contributed by atoms with Gasteiger partial charge in [-0.15, -0.1) is 0 Å². The highest BCUT2D eigenvalue weighted by Gasteiger charge is 2.10. The number of carbonyl (C=O) groups is 1. The molecule has 4 heteroatoms. The van der Waals surface area contributed by atoms with E-state index in [0.29, 0.717) is 6.61 Å². The summed E-state index contributed by atoms with van der Waals surface area (Å²) in [6.07, 6.45) is 1.09. The molecule has 0 aliphatic rings. The zero-order chi connectivity index (χ0) is 12.7. The van der Waals surface area contributed by atoms with Gasteiger partial charge in [-0.25, -0.2) is 4.39 Å². The number of hydrogen-bond acceptors (Lipinski definition) is 2. The molecule has 3 nitrogen and oxygen atoms in total. The van der Waals surface area contributed by atoms with Crippen LogP contribution in [-0.4, -0.2) is 25.7 Å². The van der Waals surface area contributed by atoms with Crippen LogP contribution in [0.15, 0.2) is 24.3 Å². The number of amides is 1. The Labute approximate surface area is 101 Å². The smallest absolute Gasteiger partial charge is 0.224 e. The number of benzene rings is 1. The second-order valence-corrected chi connectivity index (χ2v) is 3.93. The van der Waals surface area contributed by atoms with Crippen LogP contribution in [-0.2, 0) is 16.0 Å². The van der Waals surface area contributed by atoms with Crippen molar-refractivity contribution in [1.29, 1.82) is 0 Å². The Bertz CT molecular complexity index is 351. The second-order valence-electron chi connectivity index (χ2n) is 3.93. The minimum atomic E-state index is -0.292. The number of hydrogen-bond donors (Lipinski definition) is 1. The van der Waals surface area contributed by atoms with Crippen LogP contribution in [0.2, 0.25) is 0 Å². The Kier molecular flexibility index (Phi) is 5.63. The first-order valence-electron chi connectivity index (χ1n) is 5.68. The molecule has 0 saturated carbocycles. The molecule has 0 radical (unpaired) electrons. The molecule has 1 N–H and O–H groups in total. The number of halogens is 1. The Morgan fingerprint density at radius 1 is 1.41 bits per heavy atom. The van der Waals surface area contributed by atoms with Crippen molar-refractivity contribution in [1.82, 2.24) is 5.32 Å². The lowest BCUT2D eigenvalue weighted by Crippen LogP contribution is -2.38. The van der Waals surface area contributed by atoms with Crippen LogP contribution in [0.5, 0.6) is 0 Å². The fraction of sp³-hybridized carbons (Fsp3) is 0.462. The molecule has 94 valence electrons. The molecule has 1 atom stereocenters. The largest absolute Gasteiger partial charge is 0.383 e. The Morgan fingerprint density at radius 2 is 2.06 bits per heavy atom. The van der Waals surface area contributed by atoms with Gasteiger partial charge in [0.2, 0.25) is 5.91 Å². The van der Waals surface area contributed by atoms with Crippen LogP contribution in [0.1, 0.15) is 18.9 Å². The Balaban J connectivity index is 2.46. The molecule has 0 aromatic heterocycles. The normalized spacial score (nSPS) is 12.2. The van der Waals surface area contributed by atoms with E-state index >= 15 is 0 Å². The number of nitrogens with one attached hydrogen (secondary N) is 1. The summed E-state index contributed by atoms with van der Waals surface area (Å²) >= 11 is 0. The van der Waals surface area contributed by atoms with Crippen LogP contribution >= 0.6 is 0 Å². The van der Waals surface area contributed by atoms with E-state index in [0.717, 1.165) is 12.0 Å². The quantitative estimate of drug-likeness (QED) is 0.823. The molecular formula is C13H18FNO2. The molecule has 0 spiro atoms. The van der Waals surface area contributed by atoms with Gasteiger partial charge in [-0.1, -0.05) is 19.1 Å². The van der Waals surface area contributed by atoms with Crippen LogP contribution in [0, 0.1) is 5.82 Å². The number of methoxy groups -OCH3 is 1. The standard InChI is InChI=1S/C13H18FNO2/c1-3-12(9-17-2)15-13(16)8-10-4-6-11(14)7-5-10/h4-7,12H,3,8-9H2,1-2H3,(H,15,16). The highest BCUT2D eigenvalue weighted by atomic mass is 19.1. The van der Waals surface area contributed by atoms with Gasteiger partial charge >= 0.3 is 0 Å². The van der Waals surface area contributed by atoms with E-state index in [4.69, 9.17) is 4.74 Å². The average molecular weight is 239 g/mol. The molecule has 0 aliphatic heterocycles. The van der Waals surface area contributed by atoms with Gasteiger partial charge in [-0.05, 0) is 24.1 Å². The predicted octanol–water partition coefficient (Wildman–Crippen LogP) is 1.91. The van der Waals surface area contributed by atoms with Gasteiger partial charge in [-0.2, -0.15) is 0 Å². The molecule has 1 aromatic rings. The van der Waals surface area contributed by atoms with Crippen LogP contribution in [0.4, 0.5) is 4.39 Å². The maximum atomic E-state index is 12.7. The highest BCUT2D eigenvalue weighted by Crippen LogP contribution is 2.04. The van der Waals surface area contributed by atoms with E-state index in [1.807, 2.05) is 6.92 Å². The lowest BCUT2D eigenvalue weighted by atomic mass is 10.1. The van der Waals surface area contributed by atoms with Crippen molar-refractivity contribution in [3.8, 4) is 0 Å². The molecule has 1 aromatic carbocycles. The molecule has 1 amide bonds. The van der Waals surface area contributed by atoms with E-state index in [9.17, 15) is 9.18 Å².